The number of carbonyl (C=O) groups excluding carboxylic acids is 1. The Morgan fingerprint density at radius 3 is 2.50 bits per heavy atom. The summed E-state index contributed by atoms with van der Waals surface area (Å²) in [7, 11) is 0. The van der Waals surface area contributed by atoms with Gasteiger partial charge in [0.15, 0.2) is 0 Å². The summed E-state index contributed by atoms with van der Waals surface area (Å²) in [4.78, 5) is 19.4. The predicted octanol–water partition coefficient (Wildman–Crippen LogP) is 3.47. The van der Waals surface area contributed by atoms with Gasteiger partial charge in [-0.2, -0.15) is 0 Å². The third-order valence-electron chi connectivity index (χ3n) is 5.54. The van der Waals surface area contributed by atoms with E-state index in [1.165, 1.54) is 36.2 Å². The summed E-state index contributed by atoms with van der Waals surface area (Å²) >= 11 is 0. The first-order chi connectivity index (χ1) is 12.4. The normalized spacial score (nSPS) is 21.0. The number of fused-ring (bicyclic) bond motifs is 1. The van der Waals surface area contributed by atoms with E-state index in [1.54, 1.807) is 0 Å². The molecule has 0 aromatic heterocycles. The molecule has 4 rings (SSSR count). The van der Waals surface area contributed by atoms with Crippen LogP contribution in [0.15, 0.2) is 18.2 Å². The summed E-state index contributed by atoms with van der Waals surface area (Å²) < 4.78 is 5.56. The van der Waals surface area contributed by atoms with Gasteiger partial charge in [-0.25, -0.2) is 4.79 Å². The smallest absolute Gasteiger partial charge is 0.410 e. The number of hydrogen-bond donors (Lipinski definition) is 0. The van der Waals surface area contributed by atoms with Crippen LogP contribution in [0.25, 0.3) is 0 Å². The van der Waals surface area contributed by atoms with Crippen molar-refractivity contribution in [3.05, 3.63) is 29.3 Å². The van der Waals surface area contributed by atoms with Crippen LogP contribution in [0.5, 0.6) is 0 Å². The molecule has 5 nitrogen and oxygen atoms in total. The third kappa shape index (κ3) is 3.98. The number of piperazine rings is 1. The molecule has 1 aromatic carbocycles. The van der Waals surface area contributed by atoms with Crippen LogP contribution in [-0.2, 0) is 17.8 Å². The number of ether oxygens (including phenoxy) is 1. The van der Waals surface area contributed by atoms with Gasteiger partial charge >= 0.3 is 6.09 Å². The summed E-state index contributed by atoms with van der Waals surface area (Å²) in [6.07, 6.45) is 2.63. The van der Waals surface area contributed by atoms with Gasteiger partial charge in [0.25, 0.3) is 0 Å². The largest absolute Gasteiger partial charge is 0.444 e. The molecule has 2 aliphatic heterocycles. The van der Waals surface area contributed by atoms with Crippen LogP contribution in [-0.4, -0.2) is 54.2 Å². The maximum Gasteiger partial charge on any atom is 0.410 e. The second-order valence-electron chi connectivity index (χ2n) is 8.98. The minimum Gasteiger partial charge on any atom is -0.444 e. The highest BCUT2D eigenvalue weighted by atomic mass is 16.6. The van der Waals surface area contributed by atoms with Crippen LogP contribution in [0.2, 0.25) is 0 Å². The van der Waals surface area contributed by atoms with Crippen LogP contribution in [0.4, 0.5) is 10.5 Å². The van der Waals surface area contributed by atoms with E-state index < -0.39 is 5.60 Å². The fourth-order valence-electron chi connectivity index (χ4n) is 3.99. The van der Waals surface area contributed by atoms with Crippen molar-refractivity contribution >= 4 is 11.8 Å². The van der Waals surface area contributed by atoms with Crippen LogP contribution in [0.3, 0.4) is 0 Å². The quantitative estimate of drug-likeness (QED) is 0.830. The summed E-state index contributed by atoms with van der Waals surface area (Å²) in [5.41, 5.74) is 3.41. The highest BCUT2D eigenvalue weighted by Gasteiger charge is 2.31. The molecular weight excluding hydrogens is 326 g/mol. The van der Waals surface area contributed by atoms with Crippen molar-refractivity contribution in [1.29, 1.82) is 0 Å². The summed E-state index contributed by atoms with van der Waals surface area (Å²) in [5.74, 6) is 0.963. The molecule has 1 amide bonds. The number of amides is 1. The molecule has 0 atom stereocenters. The van der Waals surface area contributed by atoms with Crippen molar-refractivity contribution in [2.75, 3.05) is 37.6 Å². The van der Waals surface area contributed by atoms with Gasteiger partial charge in [0, 0.05) is 45.0 Å². The first-order valence-corrected chi connectivity index (χ1v) is 9.95. The molecule has 0 radical (unpaired) electrons. The van der Waals surface area contributed by atoms with Crippen molar-refractivity contribution in [1.82, 2.24) is 9.80 Å². The van der Waals surface area contributed by atoms with Crippen LogP contribution in [0, 0.1) is 5.92 Å². The number of benzene rings is 1. The monoisotopic (exact) mass is 357 g/mol. The molecule has 1 saturated carbocycles. The Morgan fingerprint density at radius 1 is 1.12 bits per heavy atom. The topological polar surface area (TPSA) is 36.0 Å². The van der Waals surface area contributed by atoms with Gasteiger partial charge in [-0.15, -0.1) is 0 Å². The second kappa shape index (κ2) is 6.76. The molecule has 1 aliphatic carbocycles. The van der Waals surface area contributed by atoms with E-state index >= 15 is 0 Å². The number of anilines is 1. The zero-order valence-electron chi connectivity index (χ0n) is 16.3. The van der Waals surface area contributed by atoms with Crippen LogP contribution < -0.4 is 4.90 Å². The Bertz CT molecular complexity index is 670. The molecule has 2 heterocycles. The van der Waals surface area contributed by atoms with E-state index in [2.05, 4.69) is 28.0 Å². The Hall–Kier alpha value is -1.75. The summed E-state index contributed by atoms with van der Waals surface area (Å²) in [6, 6.07) is 6.49. The number of hydrogen-bond acceptors (Lipinski definition) is 4. The van der Waals surface area contributed by atoms with Crippen molar-refractivity contribution in [3.8, 4) is 0 Å². The molecule has 26 heavy (non-hydrogen) atoms. The van der Waals surface area contributed by atoms with Crippen molar-refractivity contribution < 1.29 is 9.53 Å². The minimum atomic E-state index is -0.452. The summed E-state index contributed by atoms with van der Waals surface area (Å²) in [6.45, 7) is 12.8. The van der Waals surface area contributed by atoms with Crippen molar-refractivity contribution in [3.63, 3.8) is 0 Å². The zero-order chi connectivity index (χ0) is 18.3. The molecule has 0 N–H and O–H groups in total. The van der Waals surface area contributed by atoms with E-state index in [9.17, 15) is 4.79 Å². The molecular formula is C21H31N3O2. The van der Waals surface area contributed by atoms with Gasteiger partial charge in [0.2, 0.25) is 0 Å². The molecule has 0 bridgehead atoms. The number of rotatable bonds is 3. The van der Waals surface area contributed by atoms with Crippen LogP contribution >= 0.6 is 0 Å². The lowest BCUT2D eigenvalue weighted by Gasteiger charge is -2.37. The minimum absolute atomic E-state index is 0.214. The van der Waals surface area contributed by atoms with Crippen LogP contribution in [0.1, 0.15) is 44.7 Å². The van der Waals surface area contributed by atoms with Gasteiger partial charge in [-0.3, -0.25) is 9.80 Å². The molecule has 1 saturated heterocycles. The Kier molecular flexibility index (Phi) is 4.59. The average Bonchev–Trinajstić information content (AvgIpc) is 3.28. The highest BCUT2D eigenvalue weighted by Crippen LogP contribution is 2.34. The van der Waals surface area contributed by atoms with E-state index in [4.69, 9.17) is 4.74 Å². The van der Waals surface area contributed by atoms with Gasteiger partial charge in [0.05, 0.1) is 6.54 Å². The molecule has 0 spiro atoms. The first kappa shape index (κ1) is 17.7. The molecule has 1 aromatic rings. The van der Waals surface area contributed by atoms with Gasteiger partial charge in [-0.05, 0) is 56.7 Å². The van der Waals surface area contributed by atoms with Crippen molar-refractivity contribution in [2.24, 2.45) is 5.92 Å². The lowest BCUT2D eigenvalue weighted by Crippen LogP contribution is -2.47. The maximum atomic E-state index is 12.5. The lowest BCUT2D eigenvalue weighted by molar-refractivity contribution is 0.0242. The van der Waals surface area contributed by atoms with E-state index in [0.717, 1.165) is 32.1 Å². The third-order valence-corrected chi connectivity index (χ3v) is 5.54. The van der Waals surface area contributed by atoms with E-state index in [0.29, 0.717) is 13.1 Å². The Morgan fingerprint density at radius 2 is 1.85 bits per heavy atom. The molecule has 3 aliphatic rings. The van der Waals surface area contributed by atoms with Gasteiger partial charge in [-0.1, -0.05) is 12.1 Å². The zero-order valence-corrected chi connectivity index (χ0v) is 16.3. The lowest BCUT2D eigenvalue weighted by atomic mass is 10.1. The summed E-state index contributed by atoms with van der Waals surface area (Å²) in [5, 5.41) is 0. The fraction of sp³-hybridized carbons (Fsp3) is 0.667. The Balaban J connectivity index is 1.41. The molecule has 5 heteroatoms. The second-order valence-corrected chi connectivity index (χ2v) is 8.98. The fourth-order valence-corrected chi connectivity index (χ4v) is 3.99. The molecule has 142 valence electrons. The maximum absolute atomic E-state index is 12.5. The SMILES string of the molecule is CC(C)(C)OC(=O)N1Cc2cccc(N3CCN(CC4CC4)CC3)c2C1. The molecule has 2 fully saturated rings. The average molecular weight is 357 g/mol. The van der Waals surface area contributed by atoms with Gasteiger partial charge < -0.3 is 9.64 Å². The predicted molar refractivity (Wildman–Crippen MR) is 103 cm³/mol. The molecule has 0 unspecified atom stereocenters. The van der Waals surface area contributed by atoms with Crippen molar-refractivity contribution in [2.45, 2.75) is 52.3 Å². The van der Waals surface area contributed by atoms with E-state index in [1.807, 2.05) is 25.7 Å². The Labute approximate surface area is 156 Å². The number of nitrogens with zero attached hydrogens (tertiary/aromatic N) is 3. The first-order valence-electron chi connectivity index (χ1n) is 9.95. The van der Waals surface area contributed by atoms with Gasteiger partial charge in [0.1, 0.15) is 5.60 Å². The highest BCUT2D eigenvalue weighted by molar-refractivity contribution is 5.71. The number of carbonyl (C=O) groups is 1. The van der Waals surface area contributed by atoms with E-state index in [-0.39, 0.29) is 6.09 Å². The standard InChI is InChI=1S/C21H31N3O2/c1-21(2,3)26-20(25)24-14-17-5-4-6-19(18(17)15-24)23-11-9-22(10-12-23)13-16-7-8-16/h4-6,16H,7-15H2,1-3H3.